The SMILES string of the molecule is CCCCCCCCCCCCCCCCCCCCCC(=O)OC[C@H](COP(=O)(O)OC[C@@H](O)COP(=O)(O)OC[C@@H](COC(=O)CCCCCCCCCCCC)OC(=O)CCCCCCCCCCCCC(C)C)OC(=O)CCCCCCCCCCCCCCCCCCCCC(C)CC. The number of carbonyl (C=O) groups is 4. The van der Waals surface area contributed by atoms with Crippen LogP contribution < -0.4 is 0 Å². The van der Waals surface area contributed by atoms with Gasteiger partial charge in [0.2, 0.25) is 0 Å². The standard InChI is InChI=1S/C85H166O17P2/c1-7-10-12-14-16-18-20-21-22-23-24-28-31-34-37-44-50-56-62-68-83(88)96-74-81(101-84(89)69-63-57-51-45-38-35-32-29-26-25-27-30-33-36-42-48-54-60-66-78(6)9-3)76-100-104(93,94)98-72-79(86)71-97-103(91,92)99-75-80(73-95-82(87)67-61-55-49-43-19-17-15-13-11-8-2)102-85(90)70-64-58-52-46-40-39-41-47-53-59-65-77(4)5/h77-81,86H,7-76H2,1-6H3,(H,91,92)(H,93,94)/t78?,79-,80+,81+/m0/s1. The minimum atomic E-state index is -4.96. The molecule has 0 heterocycles. The quantitative estimate of drug-likeness (QED) is 0.0222. The molecule has 0 aliphatic heterocycles. The summed E-state index contributed by atoms with van der Waals surface area (Å²) in [5.74, 6) is -0.481. The highest BCUT2D eigenvalue weighted by molar-refractivity contribution is 7.47. The minimum Gasteiger partial charge on any atom is -0.462 e. The lowest BCUT2D eigenvalue weighted by molar-refractivity contribution is -0.161. The van der Waals surface area contributed by atoms with Gasteiger partial charge >= 0.3 is 39.5 Å². The number of hydrogen-bond donors (Lipinski definition) is 3. The van der Waals surface area contributed by atoms with Gasteiger partial charge in [-0.25, -0.2) is 9.13 Å². The van der Waals surface area contributed by atoms with Crippen molar-refractivity contribution in [3.8, 4) is 0 Å². The van der Waals surface area contributed by atoms with Crippen LogP contribution in [0.4, 0.5) is 0 Å². The van der Waals surface area contributed by atoms with Gasteiger partial charge in [-0.1, -0.05) is 401 Å². The third-order valence-corrected chi connectivity index (χ3v) is 22.2. The highest BCUT2D eigenvalue weighted by Crippen LogP contribution is 2.45. The van der Waals surface area contributed by atoms with Crippen LogP contribution in [0.25, 0.3) is 0 Å². The van der Waals surface area contributed by atoms with Gasteiger partial charge in [-0.3, -0.25) is 37.3 Å². The molecule has 0 saturated carbocycles. The molecule has 0 saturated heterocycles. The highest BCUT2D eigenvalue weighted by Gasteiger charge is 2.30. The molecule has 0 aliphatic rings. The van der Waals surface area contributed by atoms with E-state index in [9.17, 15) is 43.2 Å². The molecule has 0 aromatic heterocycles. The van der Waals surface area contributed by atoms with E-state index in [1.165, 1.54) is 270 Å². The first-order valence-corrected chi connectivity index (χ1v) is 47.0. The Kier molecular flexibility index (Phi) is 75.0. The van der Waals surface area contributed by atoms with Crippen molar-refractivity contribution in [2.45, 2.75) is 471 Å². The van der Waals surface area contributed by atoms with Crippen LogP contribution in [0.1, 0.15) is 452 Å². The third kappa shape index (κ3) is 76.8. The monoisotopic (exact) mass is 1520 g/mol. The van der Waals surface area contributed by atoms with Crippen LogP contribution in [0.2, 0.25) is 0 Å². The van der Waals surface area contributed by atoms with E-state index in [0.717, 1.165) is 102 Å². The Labute approximate surface area is 638 Å². The molecule has 0 bridgehead atoms. The minimum absolute atomic E-state index is 0.106. The summed E-state index contributed by atoms with van der Waals surface area (Å²) in [6, 6.07) is 0. The van der Waals surface area contributed by atoms with Crippen LogP contribution in [0.15, 0.2) is 0 Å². The average molecular weight is 1520 g/mol. The van der Waals surface area contributed by atoms with Crippen LogP contribution in [0.5, 0.6) is 0 Å². The Hall–Kier alpha value is -1.94. The zero-order chi connectivity index (χ0) is 76.4. The smallest absolute Gasteiger partial charge is 0.462 e. The lowest BCUT2D eigenvalue weighted by Crippen LogP contribution is -2.30. The van der Waals surface area contributed by atoms with Crippen molar-refractivity contribution >= 4 is 39.5 Å². The Balaban J connectivity index is 5.21. The van der Waals surface area contributed by atoms with E-state index in [0.29, 0.717) is 25.7 Å². The lowest BCUT2D eigenvalue weighted by atomic mass is 9.99. The van der Waals surface area contributed by atoms with Crippen LogP contribution in [0.3, 0.4) is 0 Å². The van der Waals surface area contributed by atoms with Gasteiger partial charge in [0.25, 0.3) is 0 Å². The Bertz CT molecular complexity index is 2000. The van der Waals surface area contributed by atoms with Crippen LogP contribution in [-0.4, -0.2) is 96.7 Å². The first-order chi connectivity index (χ1) is 50.4. The van der Waals surface area contributed by atoms with E-state index >= 15 is 0 Å². The molecule has 0 aromatic rings. The number of hydrogen-bond acceptors (Lipinski definition) is 15. The fourth-order valence-corrected chi connectivity index (χ4v) is 14.8. The lowest BCUT2D eigenvalue weighted by Gasteiger charge is -2.21. The zero-order valence-corrected chi connectivity index (χ0v) is 70.1. The maximum atomic E-state index is 13.1. The number of aliphatic hydroxyl groups is 1. The number of carbonyl (C=O) groups excluding carboxylic acids is 4. The van der Waals surface area contributed by atoms with E-state index < -0.39 is 97.5 Å². The first-order valence-electron chi connectivity index (χ1n) is 44.0. The second-order valence-electron chi connectivity index (χ2n) is 31.3. The molecule has 0 rings (SSSR count). The fourth-order valence-electron chi connectivity index (χ4n) is 13.2. The second-order valence-corrected chi connectivity index (χ2v) is 34.2. The maximum absolute atomic E-state index is 13.1. The Morgan fingerprint density at radius 3 is 0.731 bits per heavy atom. The first kappa shape index (κ1) is 102. The molecular weight excluding hydrogens is 1350 g/mol. The van der Waals surface area contributed by atoms with Crippen LogP contribution in [-0.2, 0) is 65.4 Å². The van der Waals surface area contributed by atoms with Crippen LogP contribution in [0, 0.1) is 11.8 Å². The van der Waals surface area contributed by atoms with Gasteiger partial charge in [0.05, 0.1) is 26.4 Å². The molecule has 0 amide bonds. The maximum Gasteiger partial charge on any atom is 0.472 e. The normalized spacial score (nSPS) is 14.1. The fraction of sp³-hybridized carbons (Fsp3) is 0.953. The molecular formula is C85H166O17P2. The summed E-state index contributed by atoms with van der Waals surface area (Å²) in [4.78, 5) is 73.1. The van der Waals surface area contributed by atoms with Crippen molar-refractivity contribution in [2.24, 2.45) is 11.8 Å². The molecule has 6 atom stereocenters. The Morgan fingerprint density at radius 2 is 0.490 bits per heavy atom. The van der Waals surface area contributed by atoms with Crippen molar-refractivity contribution in [1.29, 1.82) is 0 Å². The molecule has 104 heavy (non-hydrogen) atoms. The topological polar surface area (TPSA) is 237 Å². The van der Waals surface area contributed by atoms with E-state index in [4.69, 9.17) is 37.0 Å². The van der Waals surface area contributed by atoms with Gasteiger partial charge in [-0.2, -0.15) is 0 Å². The molecule has 17 nitrogen and oxygen atoms in total. The van der Waals surface area contributed by atoms with Gasteiger partial charge in [0.15, 0.2) is 12.2 Å². The zero-order valence-electron chi connectivity index (χ0n) is 68.3. The summed E-state index contributed by atoms with van der Waals surface area (Å²) in [7, 11) is -9.92. The summed E-state index contributed by atoms with van der Waals surface area (Å²) in [6.45, 7) is 9.71. The number of phosphoric acid groups is 2. The van der Waals surface area contributed by atoms with Gasteiger partial charge in [-0.15, -0.1) is 0 Å². The summed E-state index contributed by atoms with van der Waals surface area (Å²) in [5, 5.41) is 10.7. The molecule has 0 fully saturated rings. The number of esters is 4. The highest BCUT2D eigenvalue weighted by atomic mass is 31.2. The van der Waals surface area contributed by atoms with Crippen molar-refractivity contribution in [1.82, 2.24) is 0 Å². The van der Waals surface area contributed by atoms with E-state index in [-0.39, 0.29) is 25.7 Å². The largest absolute Gasteiger partial charge is 0.472 e. The van der Waals surface area contributed by atoms with E-state index in [1.807, 2.05) is 0 Å². The molecule has 618 valence electrons. The molecule has 0 radical (unpaired) electrons. The van der Waals surface area contributed by atoms with E-state index in [1.54, 1.807) is 0 Å². The number of ether oxygens (including phenoxy) is 4. The third-order valence-electron chi connectivity index (χ3n) is 20.3. The Morgan fingerprint density at radius 1 is 0.279 bits per heavy atom. The molecule has 0 aromatic carbocycles. The van der Waals surface area contributed by atoms with Gasteiger partial charge in [-0.05, 0) is 37.5 Å². The predicted octanol–water partition coefficient (Wildman–Crippen LogP) is 25.8. The van der Waals surface area contributed by atoms with E-state index in [2.05, 4.69) is 41.5 Å². The van der Waals surface area contributed by atoms with Crippen molar-refractivity contribution in [2.75, 3.05) is 39.6 Å². The summed E-state index contributed by atoms with van der Waals surface area (Å²) < 4.78 is 68.8. The van der Waals surface area contributed by atoms with Gasteiger partial charge < -0.3 is 33.8 Å². The van der Waals surface area contributed by atoms with Crippen molar-refractivity contribution in [3.05, 3.63) is 0 Å². The molecule has 0 aliphatic carbocycles. The van der Waals surface area contributed by atoms with Gasteiger partial charge in [0.1, 0.15) is 19.3 Å². The second kappa shape index (κ2) is 76.4. The molecule has 3 unspecified atom stereocenters. The number of phosphoric ester groups is 2. The average Bonchev–Trinajstić information content (AvgIpc) is 0.932. The summed E-state index contributed by atoms with van der Waals surface area (Å²) in [5.41, 5.74) is 0. The number of rotatable bonds is 84. The predicted molar refractivity (Wildman–Crippen MR) is 428 cm³/mol. The summed E-state index contributed by atoms with van der Waals surface area (Å²) >= 11 is 0. The number of aliphatic hydroxyl groups excluding tert-OH is 1. The summed E-state index contributed by atoms with van der Waals surface area (Å²) in [6.07, 6.45) is 68.1. The molecule has 19 heteroatoms. The van der Waals surface area contributed by atoms with Crippen molar-refractivity contribution in [3.63, 3.8) is 0 Å². The molecule has 0 spiro atoms. The van der Waals surface area contributed by atoms with Crippen molar-refractivity contribution < 1.29 is 80.2 Å². The number of unbranched alkanes of at least 4 members (excludes halogenated alkanes) is 53. The molecule has 3 N–H and O–H groups in total. The van der Waals surface area contributed by atoms with Gasteiger partial charge in [0, 0.05) is 25.7 Å². The van der Waals surface area contributed by atoms with Crippen LogP contribution >= 0.6 is 15.6 Å².